The zero-order valence-corrected chi connectivity index (χ0v) is 11.8. The van der Waals surface area contributed by atoms with Gasteiger partial charge in [-0.1, -0.05) is 0 Å². The van der Waals surface area contributed by atoms with Crippen molar-refractivity contribution in [2.75, 3.05) is 0 Å². The Kier molecular flexibility index (Phi) is 4400. The van der Waals surface area contributed by atoms with E-state index in [2.05, 4.69) is 0 Å². The van der Waals surface area contributed by atoms with E-state index >= 15 is 0 Å². The molecule has 6 nitrogen and oxygen atoms in total. The van der Waals surface area contributed by atoms with Gasteiger partial charge in [0, 0.05) is 62.2 Å². The van der Waals surface area contributed by atoms with E-state index in [1.54, 1.807) is 0 Å². The van der Waals surface area contributed by atoms with E-state index in [0.717, 1.165) is 0 Å². The summed E-state index contributed by atoms with van der Waals surface area (Å²) < 4.78 is 0. The van der Waals surface area contributed by atoms with Crippen LogP contribution in [0.1, 0.15) is 0 Å². The van der Waals surface area contributed by atoms with Crippen LogP contribution in [-0.2, 0) is 32.9 Å². The number of hydrogen-bond acceptors (Lipinski definition) is 0. The maximum atomic E-state index is 0. The second kappa shape index (κ2) is 158. The van der Waals surface area contributed by atoms with Gasteiger partial charge in [-0.05, 0) is 0 Å². The molecule has 0 fully saturated rings. The van der Waals surface area contributed by atoms with Crippen LogP contribution in [0.15, 0.2) is 0 Å². The van der Waals surface area contributed by atoms with Gasteiger partial charge in [-0.25, -0.2) is 0 Å². The van der Waals surface area contributed by atoms with Crippen molar-refractivity contribution < 1.29 is 95.1 Å². The van der Waals surface area contributed by atoms with E-state index in [0.29, 0.717) is 0 Å². The minimum atomic E-state index is 0. The van der Waals surface area contributed by atoms with Crippen molar-refractivity contribution >= 4 is 0 Å². The van der Waals surface area contributed by atoms with Gasteiger partial charge in [-0.15, -0.1) is 0 Å². The smallest absolute Gasteiger partial charge is 0 e. The molecule has 0 unspecified atom stereocenters. The molecule has 0 heterocycles. The van der Waals surface area contributed by atoms with E-state index in [4.69, 9.17) is 0 Å². The summed E-state index contributed by atoms with van der Waals surface area (Å²) in [6.07, 6.45) is 0. The fraction of sp³-hybridized carbons (Fsp3) is 0. The predicted octanol–water partition coefficient (Wildman–Crippen LogP) is -0.713. The van der Waals surface area contributed by atoms with Gasteiger partial charge in [0.15, 0.2) is 0 Å². The second-order valence-electron chi connectivity index (χ2n) is 0. The average Bonchev–Trinajstić information content (AvgIpc) is 0. The zero-order chi connectivity index (χ0) is 0. The summed E-state index contributed by atoms with van der Waals surface area (Å²) in [7, 11) is 0. The summed E-state index contributed by atoms with van der Waals surface area (Å²) in [4.78, 5) is 0. The topological polar surface area (TPSA) is 171 Å². The van der Waals surface area contributed by atoms with E-state index in [9.17, 15) is 0 Å². The largest absolute Gasteiger partial charge is 2.00 e. The van der Waals surface area contributed by atoms with Crippen LogP contribution < -0.4 is 0 Å². The Morgan fingerprint density at radius 1 is 0.250 bits per heavy atom. The van der Waals surface area contributed by atoms with Crippen molar-refractivity contribution in [3.63, 3.8) is 0 Å². The summed E-state index contributed by atoms with van der Waals surface area (Å²) in [6, 6.07) is 0. The van der Waals surface area contributed by atoms with Crippen LogP contribution in [0.3, 0.4) is 0 Å². The molecular formula is O6U2-12. The molecule has 0 aromatic rings. The maximum Gasteiger partial charge on any atom is 0 e. The van der Waals surface area contributed by atoms with Gasteiger partial charge in [0.1, 0.15) is 0 Å². The molecule has 0 radical (unpaired) electrons. The van der Waals surface area contributed by atoms with Crippen LogP contribution in [0.2, 0.25) is 0 Å². The van der Waals surface area contributed by atoms with Gasteiger partial charge in [0.05, 0.1) is 0 Å². The Balaban J connectivity index is 0. The monoisotopic (exact) mass is 572 g/mol. The third-order valence-electron chi connectivity index (χ3n) is 0. The third kappa shape index (κ3) is 107. The Morgan fingerprint density at radius 2 is 0.250 bits per heavy atom. The molecule has 0 N–H and O–H groups in total. The summed E-state index contributed by atoms with van der Waals surface area (Å²) in [5.41, 5.74) is 0. The standard InChI is InChI=1S/6O.2U/q6*-2;;. The Labute approximate surface area is 94.0 Å². The molecule has 56 valence electrons. The van der Waals surface area contributed by atoms with Gasteiger partial charge in [0.25, 0.3) is 0 Å². The van der Waals surface area contributed by atoms with Crippen LogP contribution in [0, 0.1) is 62.2 Å². The number of rotatable bonds is 0. The number of hydrogen-bond donors (Lipinski definition) is 0. The molecule has 0 aromatic carbocycles. The van der Waals surface area contributed by atoms with E-state index < -0.39 is 0 Å². The molecule has 0 aliphatic rings. The molecule has 0 bridgehead atoms. The van der Waals surface area contributed by atoms with Gasteiger partial charge in [-0.2, -0.15) is 0 Å². The molecule has 0 saturated carbocycles. The fourth-order valence-electron chi connectivity index (χ4n) is 0. The van der Waals surface area contributed by atoms with Crippen LogP contribution in [0.25, 0.3) is 0 Å². The van der Waals surface area contributed by atoms with Crippen LogP contribution in [0.5, 0.6) is 0 Å². The van der Waals surface area contributed by atoms with Gasteiger partial charge in [-0.3, -0.25) is 0 Å². The van der Waals surface area contributed by atoms with Crippen molar-refractivity contribution in [1.29, 1.82) is 0 Å². The molecule has 0 atom stereocenters. The van der Waals surface area contributed by atoms with Crippen molar-refractivity contribution in [2.45, 2.75) is 0 Å². The first-order chi connectivity index (χ1) is 0. The average molecular weight is 572 g/mol. The quantitative estimate of drug-likeness (QED) is 0.358. The molecular weight excluding hydrogens is 572 g/mol. The van der Waals surface area contributed by atoms with Crippen molar-refractivity contribution in [1.82, 2.24) is 0 Å². The molecule has 0 aliphatic heterocycles. The first-order valence-corrected chi connectivity index (χ1v) is 0. The van der Waals surface area contributed by atoms with Crippen LogP contribution in [0.4, 0.5) is 0 Å². The summed E-state index contributed by atoms with van der Waals surface area (Å²) in [5, 5.41) is 0. The van der Waals surface area contributed by atoms with Gasteiger partial charge >= 0.3 is 0 Å². The van der Waals surface area contributed by atoms with Crippen LogP contribution >= 0.6 is 0 Å². The minimum absolute atomic E-state index is 0. The minimum Gasteiger partial charge on any atom is -2.00 e. The van der Waals surface area contributed by atoms with E-state index in [-0.39, 0.29) is 95.1 Å². The summed E-state index contributed by atoms with van der Waals surface area (Å²) in [5.74, 6) is 0. The normalized spacial score (nSPS) is 0. The SMILES string of the molecule is [O-2].[O-2].[O-2].[O-2].[O-2].[O-2].[U].[U]. The summed E-state index contributed by atoms with van der Waals surface area (Å²) >= 11 is 0. The molecule has 0 amide bonds. The summed E-state index contributed by atoms with van der Waals surface area (Å²) in [6.45, 7) is 0. The zero-order valence-electron chi connectivity index (χ0n) is 3.45. The Morgan fingerprint density at radius 3 is 0.250 bits per heavy atom. The second-order valence-corrected chi connectivity index (χ2v) is 0. The molecule has 0 aromatic heterocycles. The van der Waals surface area contributed by atoms with Gasteiger partial charge < -0.3 is 32.9 Å². The molecule has 0 aliphatic carbocycles. The van der Waals surface area contributed by atoms with Gasteiger partial charge in [0.2, 0.25) is 0 Å². The fourth-order valence-corrected chi connectivity index (χ4v) is 0. The van der Waals surface area contributed by atoms with Crippen LogP contribution in [-0.4, -0.2) is 0 Å². The molecule has 0 rings (SSSR count). The van der Waals surface area contributed by atoms with Crippen molar-refractivity contribution in [3.8, 4) is 0 Å². The van der Waals surface area contributed by atoms with Crippen molar-refractivity contribution in [2.24, 2.45) is 0 Å². The molecule has 8 heteroatoms. The maximum absolute atomic E-state index is 0. The third-order valence-corrected chi connectivity index (χ3v) is 0. The first-order valence-electron chi connectivity index (χ1n) is 0. The van der Waals surface area contributed by atoms with Crippen molar-refractivity contribution in [3.05, 3.63) is 0 Å². The molecule has 8 heavy (non-hydrogen) atoms. The van der Waals surface area contributed by atoms with E-state index in [1.165, 1.54) is 0 Å². The Bertz CT molecular complexity index is 6.49. The predicted molar refractivity (Wildman–Crippen MR) is 4.12 cm³/mol. The first kappa shape index (κ1) is 223. The molecule has 0 saturated heterocycles. The van der Waals surface area contributed by atoms with E-state index in [1.807, 2.05) is 0 Å². The Hall–Kier alpha value is 1.86. The molecule has 0 spiro atoms.